The molecule has 0 saturated carbocycles. The summed E-state index contributed by atoms with van der Waals surface area (Å²) in [6.45, 7) is 1.36. The maximum Gasteiger partial charge on any atom is 0.323 e. The average molecular weight is 243 g/mol. The van der Waals surface area contributed by atoms with Crippen LogP contribution in [-0.2, 0) is 13.0 Å². The SMILES string of the molecule is O=C(Nc1ccon1)N1CCc2ccccc2C1. The molecule has 2 heterocycles. The van der Waals surface area contributed by atoms with E-state index in [4.69, 9.17) is 0 Å². The molecule has 2 amide bonds. The van der Waals surface area contributed by atoms with Crippen LogP contribution in [-0.4, -0.2) is 22.6 Å². The zero-order valence-corrected chi connectivity index (χ0v) is 9.80. The van der Waals surface area contributed by atoms with Gasteiger partial charge in [0, 0.05) is 19.2 Å². The number of urea groups is 1. The zero-order valence-electron chi connectivity index (χ0n) is 9.80. The number of carbonyl (C=O) groups is 1. The van der Waals surface area contributed by atoms with Gasteiger partial charge >= 0.3 is 6.03 Å². The first kappa shape index (κ1) is 10.8. The van der Waals surface area contributed by atoms with Crippen LogP contribution in [0, 0.1) is 0 Å². The van der Waals surface area contributed by atoms with Crippen molar-refractivity contribution in [2.75, 3.05) is 11.9 Å². The second kappa shape index (κ2) is 4.52. The predicted molar refractivity (Wildman–Crippen MR) is 66.1 cm³/mol. The van der Waals surface area contributed by atoms with E-state index in [1.54, 1.807) is 11.0 Å². The standard InChI is InChI=1S/C13H13N3O2/c17-13(14-12-6-8-18-15-12)16-7-5-10-3-1-2-4-11(10)9-16/h1-4,6,8H,5,7,9H2,(H,14,15,17). The summed E-state index contributed by atoms with van der Waals surface area (Å²) in [5, 5.41) is 6.37. The Hall–Kier alpha value is -2.30. The van der Waals surface area contributed by atoms with E-state index >= 15 is 0 Å². The summed E-state index contributed by atoms with van der Waals surface area (Å²) in [6.07, 6.45) is 2.32. The fraction of sp³-hybridized carbons (Fsp3) is 0.231. The van der Waals surface area contributed by atoms with Crippen LogP contribution in [0.25, 0.3) is 0 Å². The summed E-state index contributed by atoms with van der Waals surface area (Å²) in [5.74, 6) is 0.443. The van der Waals surface area contributed by atoms with Crippen molar-refractivity contribution in [3.8, 4) is 0 Å². The van der Waals surface area contributed by atoms with Gasteiger partial charge in [0.05, 0.1) is 0 Å². The van der Waals surface area contributed by atoms with Crippen molar-refractivity contribution < 1.29 is 9.32 Å². The molecule has 0 bridgehead atoms. The first-order valence-corrected chi connectivity index (χ1v) is 5.86. The second-order valence-electron chi connectivity index (χ2n) is 4.26. The number of anilines is 1. The number of nitrogens with zero attached hydrogens (tertiary/aromatic N) is 2. The quantitative estimate of drug-likeness (QED) is 0.835. The lowest BCUT2D eigenvalue weighted by atomic mass is 10.0. The van der Waals surface area contributed by atoms with Gasteiger partial charge in [-0.05, 0) is 17.5 Å². The molecule has 0 atom stereocenters. The number of fused-ring (bicyclic) bond motifs is 1. The molecule has 0 fully saturated rings. The highest BCUT2D eigenvalue weighted by Crippen LogP contribution is 2.19. The average Bonchev–Trinajstić information content (AvgIpc) is 2.91. The van der Waals surface area contributed by atoms with Crippen molar-refractivity contribution in [1.29, 1.82) is 0 Å². The molecule has 5 heteroatoms. The number of benzene rings is 1. The van der Waals surface area contributed by atoms with E-state index in [1.165, 1.54) is 17.4 Å². The van der Waals surface area contributed by atoms with E-state index in [2.05, 4.69) is 27.1 Å². The molecule has 1 aliphatic rings. The van der Waals surface area contributed by atoms with Crippen molar-refractivity contribution >= 4 is 11.8 Å². The van der Waals surface area contributed by atoms with Crippen LogP contribution >= 0.6 is 0 Å². The minimum Gasteiger partial charge on any atom is -0.363 e. The number of nitrogens with one attached hydrogen (secondary N) is 1. The molecule has 1 aromatic carbocycles. The summed E-state index contributed by atoms with van der Waals surface area (Å²) in [5.41, 5.74) is 2.53. The predicted octanol–water partition coefficient (Wildman–Crippen LogP) is 2.26. The maximum absolute atomic E-state index is 12.0. The Labute approximate surface area is 104 Å². The van der Waals surface area contributed by atoms with Crippen molar-refractivity contribution in [3.63, 3.8) is 0 Å². The topological polar surface area (TPSA) is 58.4 Å². The third-order valence-corrected chi connectivity index (χ3v) is 3.09. The molecule has 18 heavy (non-hydrogen) atoms. The third kappa shape index (κ3) is 2.07. The summed E-state index contributed by atoms with van der Waals surface area (Å²) in [7, 11) is 0. The van der Waals surface area contributed by atoms with Gasteiger partial charge < -0.3 is 9.42 Å². The Morgan fingerprint density at radius 3 is 2.89 bits per heavy atom. The Morgan fingerprint density at radius 1 is 1.28 bits per heavy atom. The van der Waals surface area contributed by atoms with Crippen LogP contribution in [0.5, 0.6) is 0 Å². The molecule has 1 aromatic heterocycles. The van der Waals surface area contributed by atoms with Gasteiger partial charge in [-0.3, -0.25) is 5.32 Å². The minimum absolute atomic E-state index is 0.140. The normalized spacial score (nSPS) is 14.1. The molecule has 2 aromatic rings. The number of hydrogen-bond acceptors (Lipinski definition) is 3. The molecular weight excluding hydrogens is 230 g/mol. The van der Waals surface area contributed by atoms with E-state index in [0.717, 1.165) is 13.0 Å². The lowest BCUT2D eigenvalue weighted by Gasteiger charge is -2.28. The lowest BCUT2D eigenvalue weighted by Crippen LogP contribution is -2.38. The van der Waals surface area contributed by atoms with Gasteiger partial charge in [0.2, 0.25) is 0 Å². The fourth-order valence-electron chi connectivity index (χ4n) is 2.13. The van der Waals surface area contributed by atoms with E-state index < -0.39 is 0 Å². The van der Waals surface area contributed by atoms with Gasteiger partial charge in [0.25, 0.3) is 0 Å². The van der Waals surface area contributed by atoms with Crippen molar-refractivity contribution in [1.82, 2.24) is 10.1 Å². The van der Waals surface area contributed by atoms with E-state index in [-0.39, 0.29) is 6.03 Å². The molecule has 3 rings (SSSR count). The van der Waals surface area contributed by atoms with Crippen LogP contribution in [0.2, 0.25) is 0 Å². The molecule has 0 aliphatic carbocycles. The third-order valence-electron chi connectivity index (χ3n) is 3.09. The van der Waals surface area contributed by atoms with Crippen molar-refractivity contribution in [3.05, 3.63) is 47.7 Å². The Morgan fingerprint density at radius 2 is 2.11 bits per heavy atom. The molecule has 1 aliphatic heterocycles. The molecule has 5 nitrogen and oxygen atoms in total. The highest BCUT2D eigenvalue weighted by Gasteiger charge is 2.20. The van der Waals surface area contributed by atoms with Crippen molar-refractivity contribution in [2.24, 2.45) is 0 Å². The molecule has 1 N–H and O–H groups in total. The molecule has 0 unspecified atom stereocenters. The highest BCUT2D eigenvalue weighted by molar-refractivity contribution is 5.88. The fourth-order valence-corrected chi connectivity index (χ4v) is 2.13. The number of carbonyl (C=O) groups excluding carboxylic acids is 1. The molecule has 0 saturated heterocycles. The van der Waals surface area contributed by atoms with Crippen LogP contribution in [0.1, 0.15) is 11.1 Å². The number of rotatable bonds is 1. The molecular formula is C13H13N3O2. The zero-order chi connectivity index (χ0) is 12.4. The van der Waals surface area contributed by atoms with Gasteiger partial charge in [-0.25, -0.2) is 4.79 Å². The van der Waals surface area contributed by atoms with E-state index in [9.17, 15) is 4.79 Å². The van der Waals surface area contributed by atoms with Crippen LogP contribution in [0.4, 0.5) is 10.6 Å². The number of amides is 2. The number of aromatic nitrogens is 1. The molecule has 0 radical (unpaired) electrons. The van der Waals surface area contributed by atoms with E-state index in [0.29, 0.717) is 12.4 Å². The van der Waals surface area contributed by atoms with Gasteiger partial charge in [-0.15, -0.1) is 0 Å². The van der Waals surface area contributed by atoms with Crippen LogP contribution in [0.15, 0.2) is 41.1 Å². The first-order valence-electron chi connectivity index (χ1n) is 5.86. The van der Waals surface area contributed by atoms with E-state index in [1.807, 2.05) is 12.1 Å². The summed E-state index contributed by atoms with van der Waals surface area (Å²) >= 11 is 0. The Balaban J connectivity index is 1.70. The highest BCUT2D eigenvalue weighted by atomic mass is 16.5. The minimum atomic E-state index is -0.140. The van der Waals surface area contributed by atoms with Crippen LogP contribution in [0.3, 0.4) is 0 Å². The van der Waals surface area contributed by atoms with Gasteiger partial charge in [0.15, 0.2) is 5.82 Å². The first-order chi connectivity index (χ1) is 8.83. The van der Waals surface area contributed by atoms with Gasteiger partial charge in [-0.1, -0.05) is 29.4 Å². The molecule has 92 valence electrons. The number of hydrogen-bond donors (Lipinski definition) is 1. The second-order valence-corrected chi connectivity index (χ2v) is 4.26. The van der Waals surface area contributed by atoms with Gasteiger partial charge in [-0.2, -0.15) is 0 Å². The molecule has 0 spiro atoms. The Bertz CT molecular complexity index is 551. The lowest BCUT2D eigenvalue weighted by molar-refractivity contribution is 0.206. The van der Waals surface area contributed by atoms with Crippen molar-refractivity contribution in [2.45, 2.75) is 13.0 Å². The van der Waals surface area contributed by atoms with Gasteiger partial charge in [0.1, 0.15) is 6.26 Å². The largest absolute Gasteiger partial charge is 0.363 e. The summed E-state index contributed by atoms with van der Waals surface area (Å²) in [6, 6.07) is 9.68. The summed E-state index contributed by atoms with van der Waals surface area (Å²) in [4.78, 5) is 13.8. The summed E-state index contributed by atoms with van der Waals surface area (Å²) < 4.78 is 4.68. The van der Waals surface area contributed by atoms with Crippen LogP contribution < -0.4 is 5.32 Å². The maximum atomic E-state index is 12.0. The monoisotopic (exact) mass is 243 g/mol. The smallest absolute Gasteiger partial charge is 0.323 e. The Kier molecular flexibility index (Phi) is 2.72.